The molecule has 3 rings (SSSR count). The van der Waals surface area contributed by atoms with Gasteiger partial charge in [-0.2, -0.15) is 0 Å². The minimum atomic E-state index is -0.0468. The number of fused-ring (bicyclic) bond motifs is 1. The number of hydrogen-bond acceptors (Lipinski definition) is 4. The zero-order valence-corrected chi connectivity index (χ0v) is 12.4. The van der Waals surface area contributed by atoms with Crippen LogP contribution in [-0.2, 0) is 11.3 Å². The van der Waals surface area contributed by atoms with E-state index in [0.29, 0.717) is 17.2 Å². The number of halogens is 2. The summed E-state index contributed by atoms with van der Waals surface area (Å²) in [6.07, 6.45) is 1.51. The summed E-state index contributed by atoms with van der Waals surface area (Å²) in [5, 5.41) is 10.5. The second-order valence-electron chi connectivity index (χ2n) is 4.49. The van der Waals surface area contributed by atoms with E-state index in [-0.39, 0.29) is 17.6 Å². The molecule has 0 spiro atoms. The lowest BCUT2D eigenvalue weighted by atomic mass is 10.1. The van der Waals surface area contributed by atoms with E-state index in [2.05, 4.69) is 4.99 Å². The summed E-state index contributed by atoms with van der Waals surface area (Å²) in [5.74, 6) is 0.753. The number of aromatic hydroxyl groups is 1. The Morgan fingerprint density at radius 2 is 2.05 bits per heavy atom. The Kier molecular flexibility index (Phi) is 4.01. The molecule has 6 heteroatoms. The van der Waals surface area contributed by atoms with Crippen molar-refractivity contribution in [3.63, 3.8) is 0 Å². The number of phenolic OH excluding ortho intramolecular Hbond substituents is 1. The van der Waals surface area contributed by atoms with Crippen molar-refractivity contribution in [3.8, 4) is 11.5 Å². The van der Waals surface area contributed by atoms with Crippen molar-refractivity contribution in [3.05, 3.63) is 51.5 Å². The molecule has 0 unspecified atom stereocenters. The Morgan fingerprint density at radius 3 is 2.90 bits per heavy atom. The van der Waals surface area contributed by atoms with Crippen LogP contribution in [0.1, 0.15) is 11.1 Å². The monoisotopic (exact) mass is 323 g/mol. The summed E-state index contributed by atoms with van der Waals surface area (Å²) in [6, 6.07) is 8.60. The molecule has 21 heavy (non-hydrogen) atoms. The van der Waals surface area contributed by atoms with Crippen molar-refractivity contribution >= 4 is 35.1 Å². The van der Waals surface area contributed by atoms with Crippen LogP contribution in [0.4, 0.5) is 5.69 Å². The van der Waals surface area contributed by atoms with Gasteiger partial charge in [0.2, 0.25) is 0 Å². The van der Waals surface area contributed by atoms with Crippen molar-refractivity contribution in [1.29, 1.82) is 0 Å². The highest BCUT2D eigenvalue weighted by Gasteiger charge is 2.10. The number of ether oxygens (including phenoxy) is 2. The summed E-state index contributed by atoms with van der Waals surface area (Å²) < 4.78 is 10.6. The molecule has 2 aromatic carbocycles. The van der Waals surface area contributed by atoms with Crippen LogP contribution in [-0.4, -0.2) is 18.1 Å². The van der Waals surface area contributed by atoms with Gasteiger partial charge in [-0.05, 0) is 30.3 Å². The van der Waals surface area contributed by atoms with Crippen molar-refractivity contribution < 1.29 is 14.6 Å². The van der Waals surface area contributed by atoms with Gasteiger partial charge in [-0.3, -0.25) is 4.99 Å². The van der Waals surface area contributed by atoms with Gasteiger partial charge in [-0.15, -0.1) is 0 Å². The van der Waals surface area contributed by atoms with E-state index in [1.807, 2.05) is 18.2 Å². The first kappa shape index (κ1) is 14.2. The summed E-state index contributed by atoms with van der Waals surface area (Å²) in [5.41, 5.74) is 2.11. The van der Waals surface area contributed by atoms with Crippen molar-refractivity contribution in [1.82, 2.24) is 0 Å². The Bertz CT molecular complexity index is 716. The van der Waals surface area contributed by atoms with Crippen LogP contribution >= 0.6 is 23.2 Å². The molecule has 0 saturated heterocycles. The zero-order chi connectivity index (χ0) is 14.8. The van der Waals surface area contributed by atoms with Crippen LogP contribution in [0.15, 0.2) is 35.3 Å². The van der Waals surface area contributed by atoms with E-state index in [4.69, 9.17) is 32.7 Å². The molecule has 0 aliphatic carbocycles. The number of hydrogen-bond donors (Lipinski definition) is 1. The smallest absolute Gasteiger partial charge is 0.189 e. The lowest BCUT2D eigenvalue weighted by Gasteiger charge is -2.17. The predicted octanol–water partition coefficient (Wildman–Crippen LogP) is 4.32. The van der Waals surface area contributed by atoms with Crippen LogP contribution in [0, 0.1) is 0 Å². The molecule has 1 aliphatic rings. The second kappa shape index (κ2) is 5.93. The van der Waals surface area contributed by atoms with Gasteiger partial charge in [0.15, 0.2) is 6.79 Å². The molecular weight excluding hydrogens is 313 g/mol. The zero-order valence-electron chi connectivity index (χ0n) is 10.8. The van der Waals surface area contributed by atoms with Gasteiger partial charge >= 0.3 is 0 Å². The first-order chi connectivity index (χ1) is 10.1. The number of aliphatic imine (C=N–C) groups is 1. The highest BCUT2D eigenvalue weighted by Crippen LogP contribution is 2.31. The molecule has 0 saturated carbocycles. The highest BCUT2D eigenvalue weighted by atomic mass is 35.5. The summed E-state index contributed by atoms with van der Waals surface area (Å²) in [7, 11) is 0. The predicted molar refractivity (Wildman–Crippen MR) is 82.1 cm³/mol. The van der Waals surface area contributed by atoms with Gasteiger partial charge < -0.3 is 14.6 Å². The topological polar surface area (TPSA) is 51.1 Å². The van der Waals surface area contributed by atoms with Gasteiger partial charge in [0, 0.05) is 22.4 Å². The molecular formula is C15H11Cl2NO3. The fourth-order valence-electron chi connectivity index (χ4n) is 1.98. The third-order valence-electron chi connectivity index (χ3n) is 3.01. The first-order valence-electron chi connectivity index (χ1n) is 6.19. The van der Waals surface area contributed by atoms with Crippen LogP contribution in [0.2, 0.25) is 10.0 Å². The maximum Gasteiger partial charge on any atom is 0.189 e. The minimum absolute atomic E-state index is 0.0468. The average molecular weight is 324 g/mol. The average Bonchev–Trinajstić information content (AvgIpc) is 2.49. The van der Waals surface area contributed by atoms with Crippen LogP contribution in [0.3, 0.4) is 0 Å². The van der Waals surface area contributed by atoms with Crippen molar-refractivity contribution in [2.75, 3.05) is 6.79 Å². The lowest BCUT2D eigenvalue weighted by Crippen LogP contribution is -2.10. The molecule has 2 aromatic rings. The maximum absolute atomic E-state index is 9.87. The largest absolute Gasteiger partial charge is 0.506 e. The van der Waals surface area contributed by atoms with Crippen molar-refractivity contribution in [2.45, 2.75) is 6.61 Å². The molecule has 4 nitrogen and oxygen atoms in total. The van der Waals surface area contributed by atoms with Crippen molar-refractivity contribution in [2.24, 2.45) is 4.99 Å². The molecule has 0 radical (unpaired) electrons. The van der Waals surface area contributed by atoms with E-state index >= 15 is 0 Å². The minimum Gasteiger partial charge on any atom is -0.506 e. The third kappa shape index (κ3) is 3.13. The third-order valence-corrected chi connectivity index (χ3v) is 3.52. The Morgan fingerprint density at radius 1 is 1.19 bits per heavy atom. The fraction of sp³-hybridized carbons (Fsp3) is 0.133. The second-order valence-corrected chi connectivity index (χ2v) is 5.33. The number of benzene rings is 2. The van der Waals surface area contributed by atoms with Crippen LogP contribution < -0.4 is 4.74 Å². The molecule has 0 aromatic heterocycles. The molecule has 1 aliphatic heterocycles. The quantitative estimate of drug-likeness (QED) is 0.837. The van der Waals surface area contributed by atoms with Crippen LogP contribution in [0.25, 0.3) is 0 Å². The van der Waals surface area contributed by atoms with Gasteiger partial charge in [0.1, 0.15) is 11.5 Å². The fourth-order valence-corrected chi connectivity index (χ4v) is 2.49. The standard InChI is InChI=1S/C15H11Cl2NO3/c16-11-3-9(15(19)13(17)5-11)6-18-12-1-2-14-10(4-12)7-20-8-21-14/h1-6,19H,7-8H2. The molecule has 108 valence electrons. The van der Waals surface area contributed by atoms with E-state index in [1.54, 1.807) is 6.07 Å². The molecule has 0 amide bonds. The molecule has 0 atom stereocenters. The van der Waals surface area contributed by atoms with Gasteiger partial charge in [-0.25, -0.2) is 0 Å². The van der Waals surface area contributed by atoms with Gasteiger partial charge in [0.25, 0.3) is 0 Å². The first-order valence-corrected chi connectivity index (χ1v) is 6.94. The normalized spacial score (nSPS) is 14.0. The Balaban J connectivity index is 1.89. The highest BCUT2D eigenvalue weighted by molar-refractivity contribution is 6.36. The summed E-state index contributed by atoms with van der Waals surface area (Å²) in [6.45, 7) is 0.761. The SMILES string of the molecule is Oc1c(Cl)cc(Cl)cc1C=Nc1ccc2c(c1)COCO2. The maximum atomic E-state index is 9.87. The number of phenols is 1. The molecule has 0 fully saturated rings. The molecule has 0 bridgehead atoms. The van der Waals surface area contributed by atoms with Gasteiger partial charge in [0.05, 0.1) is 17.3 Å². The molecule has 1 N–H and O–H groups in total. The lowest BCUT2D eigenvalue weighted by molar-refractivity contribution is -0.0163. The van der Waals surface area contributed by atoms with E-state index in [0.717, 1.165) is 17.0 Å². The molecule has 1 heterocycles. The number of rotatable bonds is 2. The van der Waals surface area contributed by atoms with Crippen LogP contribution in [0.5, 0.6) is 11.5 Å². The summed E-state index contributed by atoms with van der Waals surface area (Å²) in [4.78, 5) is 4.31. The van der Waals surface area contributed by atoms with E-state index in [1.165, 1.54) is 12.3 Å². The number of nitrogens with zero attached hydrogens (tertiary/aromatic N) is 1. The van der Waals surface area contributed by atoms with E-state index < -0.39 is 0 Å². The Hall–Kier alpha value is -1.75. The van der Waals surface area contributed by atoms with Gasteiger partial charge in [-0.1, -0.05) is 23.2 Å². The van der Waals surface area contributed by atoms with E-state index in [9.17, 15) is 5.11 Å². The summed E-state index contributed by atoms with van der Waals surface area (Å²) >= 11 is 11.8. The Labute approximate surface area is 131 Å².